The Morgan fingerprint density at radius 1 is 1.25 bits per heavy atom. The molecular weight excluding hydrogens is 235 g/mol. The predicted molar refractivity (Wildman–Crippen MR) is 43.4 cm³/mol. The van der Waals surface area contributed by atoms with Crippen molar-refractivity contribution in [1.29, 1.82) is 5.26 Å². The standard InChI is InChI=1S/C8H9F5N2O/c1-6(2,3-14)4-15-5(16)7(9,10)8(11,12)13/h4H2,1-2H3,(H,15,16). The van der Waals surface area contributed by atoms with Crippen LogP contribution >= 0.6 is 0 Å². The number of carbonyl (C=O) groups is 1. The van der Waals surface area contributed by atoms with Gasteiger partial charge in [-0.15, -0.1) is 0 Å². The summed E-state index contributed by atoms with van der Waals surface area (Å²) >= 11 is 0. The van der Waals surface area contributed by atoms with Gasteiger partial charge in [-0.1, -0.05) is 0 Å². The van der Waals surface area contributed by atoms with Crippen LogP contribution in [0.3, 0.4) is 0 Å². The number of alkyl halides is 5. The van der Waals surface area contributed by atoms with Gasteiger partial charge < -0.3 is 5.32 Å². The number of nitrogens with zero attached hydrogens (tertiary/aromatic N) is 1. The van der Waals surface area contributed by atoms with Crippen LogP contribution in [0, 0.1) is 16.7 Å². The number of amides is 1. The van der Waals surface area contributed by atoms with Crippen LogP contribution in [0.4, 0.5) is 22.0 Å². The van der Waals surface area contributed by atoms with Gasteiger partial charge in [0.1, 0.15) is 0 Å². The molecule has 0 saturated heterocycles. The minimum atomic E-state index is -5.94. The molecule has 0 aliphatic carbocycles. The highest BCUT2D eigenvalue weighted by molar-refractivity contribution is 5.84. The van der Waals surface area contributed by atoms with Crippen LogP contribution in [-0.2, 0) is 4.79 Å². The smallest absolute Gasteiger partial charge is 0.349 e. The van der Waals surface area contributed by atoms with Gasteiger partial charge in [0.15, 0.2) is 0 Å². The van der Waals surface area contributed by atoms with E-state index < -0.39 is 30.0 Å². The summed E-state index contributed by atoms with van der Waals surface area (Å²) in [7, 11) is 0. The molecule has 0 aromatic heterocycles. The number of nitriles is 1. The minimum Gasteiger partial charge on any atom is -0.349 e. The molecular formula is C8H9F5N2O. The molecule has 0 fully saturated rings. The second-order valence-electron chi connectivity index (χ2n) is 3.75. The van der Waals surface area contributed by atoms with Crippen molar-refractivity contribution in [2.75, 3.05) is 6.54 Å². The monoisotopic (exact) mass is 244 g/mol. The number of hydrogen-bond donors (Lipinski definition) is 1. The molecule has 0 aromatic rings. The Morgan fingerprint density at radius 2 is 1.69 bits per heavy atom. The van der Waals surface area contributed by atoms with E-state index in [-0.39, 0.29) is 0 Å². The number of hydrogen-bond acceptors (Lipinski definition) is 2. The average Bonchev–Trinajstić information content (AvgIpc) is 2.12. The van der Waals surface area contributed by atoms with Crippen LogP contribution in [0.2, 0.25) is 0 Å². The lowest BCUT2D eigenvalue weighted by molar-refractivity contribution is -0.269. The second-order valence-corrected chi connectivity index (χ2v) is 3.75. The van der Waals surface area contributed by atoms with Crippen molar-refractivity contribution in [3.8, 4) is 6.07 Å². The third kappa shape index (κ3) is 3.32. The quantitative estimate of drug-likeness (QED) is 0.770. The zero-order valence-corrected chi connectivity index (χ0v) is 8.45. The topological polar surface area (TPSA) is 52.9 Å². The normalized spacial score (nSPS) is 13.1. The van der Waals surface area contributed by atoms with Gasteiger partial charge in [0.2, 0.25) is 0 Å². The lowest BCUT2D eigenvalue weighted by Gasteiger charge is -2.21. The minimum absolute atomic E-state index is 0.589. The van der Waals surface area contributed by atoms with Crippen LogP contribution in [0.15, 0.2) is 0 Å². The summed E-state index contributed by atoms with van der Waals surface area (Å²) in [6, 6.07) is 1.65. The Hall–Kier alpha value is -1.39. The van der Waals surface area contributed by atoms with Crippen molar-refractivity contribution in [2.24, 2.45) is 5.41 Å². The molecule has 16 heavy (non-hydrogen) atoms. The summed E-state index contributed by atoms with van der Waals surface area (Å²) in [5.41, 5.74) is -1.21. The molecule has 3 nitrogen and oxygen atoms in total. The Bertz CT molecular complexity index is 315. The maximum atomic E-state index is 12.4. The molecule has 0 bridgehead atoms. The predicted octanol–water partition coefficient (Wildman–Crippen LogP) is 1.85. The van der Waals surface area contributed by atoms with Crippen molar-refractivity contribution >= 4 is 5.91 Å². The first-order valence-electron chi connectivity index (χ1n) is 4.08. The van der Waals surface area contributed by atoms with Crippen molar-refractivity contribution in [1.82, 2.24) is 5.32 Å². The summed E-state index contributed by atoms with van der Waals surface area (Å²) in [6.07, 6.45) is -5.94. The Morgan fingerprint density at radius 3 is 2.00 bits per heavy atom. The lowest BCUT2D eigenvalue weighted by atomic mass is 9.96. The van der Waals surface area contributed by atoms with Crippen LogP contribution in [0.25, 0.3) is 0 Å². The van der Waals surface area contributed by atoms with E-state index in [4.69, 9.17) is 5.26 Å². The van der Waals surface area contributed by atoms with Crippen molar-refractivity contribution in [2.45, 2.75) is 25.9 Å². The Balaban J connectivity index is 4.57. The molecule has 0 aromatic carbocycles. The highest BCUT2D eigenvalue weighted by Gasteiger charge is 2.63. The number of nitrogens with one attached hydrogen (secondary N) is 1. The van der Waals surface area contributed by atoms with Crippen LogP contribution in [0.5, 0.6) is 0 Å². The van der Waals surface area contributed by atoms with E-state index in [0.717, 1.165) is 0 Å². The molecule has 0 unspecified atom stereocenters. The molecule has 0 spiro atoms. The van der Waals surface area contributed by atoms with Gasteiger partial charge in [-0.2, -0.15) is 27.2 Å². The van der Waals surface area contributed by atoms with E-state index in [1.54, 1.807) is 6.07 Å². The summed E-state index contributed by atoms with van der Waals surface area (Å²) in [5.74, 6) is -7.90. The summed E-state index contributed by atoms with van der Waals surface area (Å²) in [4.78, 5) is 10.6. The van der Waals surface area contributed by atoms with Gasteiger partial charge in [-0.25, -0.2) is 0 Å². The molecule has 0 atom stereocenters. The van der Waals surface area contributed by atoms with Gasteiger partial charge in [0.25, 0.3) is 5.91 Å². The average molecular weight is 244 g/mol. The first kappa shape index (κ1) is 14.6. The second kappa shape index (κ2) is 4.23. The first-order chi connectivity index (χ1) is 6.94. The van der Waals surface area contributed by atoms with E-state index in [1.807, 2.05) is 0 Å². The van der Waals surface area contributed by atoms with Gasteiger partial charge in [0.05, 0.1) is 11.5 Å². The Labute approximate surface area is 88.2 Å². The number of rotatable bonds is 3. The molecule has 0 radical (unpaired) electrons. The summed E-state index contributed by atoms with van der Waals surface area (Å²) in [5, 5.41) is 9.85. The van der Waals surface area contributed by atoms with E-state index in [1.165, 1.54) is 19.2 Å². The molecule has 0 heterocycles. The maximum absolute atomic E-state index is 12.4. The molecule has 1 N–H and O–H groups in total. The molecule has 1 amide bonds. The van der Waals surface area contributed by atoms with Gasteiger partial charge in [0, 0.05) is 6.54 Å². The van der Waals surface area contributed by atoms with Crippen molar-refractivity contribution in [3.05, 3.63) is 0 Å². The fourth-order valence-corrected chi connectivity index (χ4v) is 0.581. The SMILES string of the molecule is CC(C)(C#N)CNC(=O)C(F)(F)C(F)(F)F. The van der Waals surface area contributed by atoms with E-state index in [9.17, 15) is 26.7 Å². The van der Waals surface area contributed by atoms with Gasteiger partial charge in [-0.05, 0) is 13.8 Å². The molecule has 0 rings (SSSR count). The molecule has 0 aliphatic rings. The summed E-state index contributed by atoms with van der Waals surface area (Å²) < 4.78 is 59.9. The highest BCUT2D eigenvalue weighted by Crippen LogP contribution is 2.35. The largest absolute Gasteiger partial charge is 0.463 e. The number of halogens is 5. The van der Waals surface area contributed by atoms with Crippen molar-refractivity contribution < 1.29 is 26.7 Å². The molecule has 0 aliphatic heterocycles. The lowest BCUT2D eigenvalue weighted by Crippen LogP contribution is -2.51. The van der Waals surface area contributed by atoms with Crippen molar-refractivity contribution in [3.63, 3.8) is 0 Å². The van der Waals surface area contributed by atoms with Crippen LogP contribution in [0.1, 0.15) is 13.8 Å². The molecule has 8 heteroatoms. The third-order valence-electron chi connectivity index (χ3n) is 1.63. The maximum Gasteiger partial charge on any atom is 0.463 e. The first-order valence-corrected chi connectivity index (χ1v) is 4.08. The Kier molecular flexibility index (Phi) is 3.87. The highest BCUT2D eigenvalue weighted by atomic mass is 19.4. The van der Waals surface area contributed by atoms with Gasteiger partial charge in [-0.3, -0.25) is 4.79 Å². The number of carbonyl (C=O) groups excluding carboxylic acids is 1. The fourth-order valence-electron chi connectivity index (χ4n) is 0.581. The molecule has 92 valence electrons. The van der Waals surface area contributed by atoms with Gasteiger partial charge >= 0.3 is 12.1 Å². The zero-order chi connectivity index (χ0) is 13.2. The van der Waals surface area contributed by atoms with Crippen LogP contribution in [-0.4, -0.2) is 24.6 Å². The zero-order valence-electron chi connectivity index (χ0n) is 8.45. The molecule has 0 saturated carbocycles. The third-order valence-corrected chi connectivity index (χ3v) is 1.63. The summed E-state index contributed by atoms with van der Waals surface area (Å²) in [6.45, 7) is 1.99. The fraction of sp³-hybridized carbons (Fsp3) is 0.750. The van der Waals surface area contributed by atoms with Crippen LogP contribution < -0.4 is 5.32 Å². The van der Waals surface area contributed by atoms with E-state index in [2.05, 4.69) is 0 Å². The van der Waals surface area contributed by atoms with E-state index >= 15 is 0 Å². The van der Waals surface area contributed by atoms with E-state index in [0.29, 0.717) is 0 Å².